The fraction of sp³-hybridized carbons (Fsp3) is 0.667. The number of nitrogens with zero attached hydrogens (tertiary/aromatic N) is 1. The van der Waals surface area contributed by atoms with E-state index in [1.165, 1.54) is 37.9 Å². The van der Waals surface area contributed by atoms with Gasteiger partial charge < -0.3 is 10.1 Å². The van der Waals surface area contributed by atoms with E-state index in [1.807, 2.05) is 0 Å². The van der Waals surface area contributed by atoms with Crippen LogP contribution in [0.4, 0.5) is 0 Å². The molecule has 0 aromatic heterocycles. The van der Waals surface area contributed by atoms with Crippen LogP contribution in [0.3, 0.4) is 0 Å². The van der Waals surface area contributed by atoms with Crippen molar-refractivity contribution < 1.29 is 4.74 Å². The van der Waals surface area contributed by atoms with Gasteiger partial charge >= 0.3 is 0 Å². The molecule has 0 amide bonds. The van der Waals surface area contributed by atoms with E-state index >= 15 is 0 Å². The molecule has 1 aromatic carbocycles. The molecule has 2 rings (SSSR count). The second-order valence-corrected chi connectivity index (χ2v) is 6.02. The zero-order valence-electron chi connectivity index (χ0n) is 13.6. The zero-order chi connectivity index (χ0) is 14.9. The number of hydrogen-bond acceptors (Lipinski definition) is 3. The Morgan fingerprint density at radius 1 is 1.14 bits per heavy atom. The van der Waals surface area contributed by atoms with Gasteiger partial charge in [-0.15, -0.1) is 0 Å². The minimum absolute atomic E-state index is 0.791. The third-order valence-corrected chi connectivity index (χ3v) is 3.93. The molecule has 0 saturated heterocycles. The molecular formula is C18H30N2O. The van der Waals surface area contributed by atoms with Crippen molar-refractivity contribution in [3.05, 3.63) is 29.8 Å². The summed E-state index contributed by atoms with van der Waals surface area (Å²) in [6.07, 6.45) is 4.08. The van der Waals surface area contributed by atoms with Gasteiger partial charge in [-0.25, -0.2) is 0 Å². The molecule has 21 heavy (non-hydrogen) atoms. The SMILES string of the molecule is CCCN(CCOc1ccc(CNCC)cc1)CC1CC1. The second kappa shape index (κ2) is 9.06. The van der Waals surface area contributed by atoms with Crippen LogP contribution >= 0.6 is 0 Å². The van der Waals surface area contributed by atoms with Crippen molar-refractivity contribution in [3.8, 4) is 5.75 Å². The monoisotopic (exact) mass is 290 g/mol. The molecule has 0 bridgehead atoms. The Bertz CT molecular complexity index is 387. The fourth-order valence-corrected chi connectivity index (χ4v) is 2.54. The number of ether oxygens (including phenoxy) is 1. The molecule has 118 valence electrons. The lowest BCUT2D eigenvalue weighted by molar-refractivity contribution is 0.203. The average molecular weight is 290 g/mol. The smallest absolute Gasteiger partial charge is 0.119 e. The molecular weight excluding hydrogens is 260 g/mol. The number of hydrogen-bond donors (Lipinski definition) is 1. The standard InChI is InChI=1S/C18H30N2O/c1-3-11-20(15-17-5-6-17)12-13-21-18-9-7-16(8-10-18)14-19-4-2/h7-10,17,19H,3-6,11-15H2,1-2H3. The van der Waals surface area contributed by atoms with E-state index in [-0.39, 0.29) is 0 Å². The fourth-order valence-electron chi connectivity index (χ4n) is 2.54. The summed E-state index contributed by atoms with van der Waals surface area (Å²) in [5.74, 6) is 1.94. The van der Waals surface area contributed by atoms with Crippen molar-refractivity contribution in [1.82, 2.24) is 10.2 Å². The Balaban J connectivity index is 1.68. The van der Waals surface area contributed by atoms with Gasteiger partial charge in [-0.1, -0.05) is 26.0 Å². The van der Waals surface area contributed by atoms with E-state index in [1.54, 1.807) is 0 Å². The highest BCUT2D eigenvalue weighted by atomic mass is 16.5. The van der Waals surface area contributed by atoms with Crippen LogP contribution in [0.1, 0.15) is 38.7 Å². The van der Waals surface area contributed by atoms with Gasteiger partial charge in [0.15, 0.2) is 0 Å². The average Bonchev–Trinajstić information content (AvgIpc) is 3.30. The quantitative estimate of drug-likeness (QED) is 0.677. The van der Waals surface area contributed by atoms with E-state index < -0.39 is 0 Å². The maximum absolute atomic E-state index is 5.88. The summed E-state index contributed by atoms with van der Waals surface area (Å²) >= 11 is 0. The minimum Gasteiger partial charge on any atom is -0.492 e. The molecule has 1 fully saturated rings. The van der Waals surface area contributed by atoms with E-state index in [4.69, 9.17) is 4.74 Å². The predicted octanol–water partition coefficient (Wildman–Crippen LogP) is 3.30. The number of rotatable bonds is 11. The highest BCUT2D eigenvalue weighted by molar-refractivity contribution is 5.27. The third-order valence-electron chi connectivity index (χ3n) is 3.93. The predicted molar refractivity (Wildman–Crippen MR) is 88.8 cm³/mol. The molecule has 0 unspecified atom stereocenters. The Morgan fingerprint density at radius 2 is 1.90 bits per heavy atom. The molecule has 0 heterocycles. The first kappa shape index (κ1) is 16.3. The van der Waals surface area contributed by atoms with Crippen molar-refractivity contribution in [3.63, 3.8) is 0 Å². The molecule has 1 aliphatic carbocycles. The maximum Gasteiger partial charge on any atom is 0.119 e. The summed E-state index contributed by atoms with van der Waals surface area (Å²) in [4.78, 5) is 2.55. The zero-order valence-corrected chi connectivity index (χ0v) is 13.6. The minimum atomic E-state index is 0.791. The number of nitrogens with one attached hydrogen (secondary N) is 1. The van der Waals surface area contributed by atoms with Crippen molar-refractivity contribution in [2.75, 3.05) is 32.8 Å². The van der Waals surface area contributed by atoms with Crippen LogP contribution in [0.5, 0.6) is 5.75 Å². The molecule has 1 aromatic rings. The van der Waals surface area contributed by atoms with Crippen LogP contribution in [0.15, 0.2) is 24.3 Å². The molecule has 0 aliphatic heterocycles. The maximum atomic E-state index is 5.88. The number of benzene rings is 1. The Hall–Kier alpha value is -1.06. The van der Waals surface area contributed by atoms with Crippen molar-refractivity contribution in [2.45, 2.75) is 39.7 Å². The molecule has 0 atom stereocenters. The van der Waals surface area contributed by atoms with Gasteiger partial charge in [0, 0.05) is 19.6 Å². The van der Waals surface area contributed by atoms with Gasteiger partial charge in [-0.3, -0.25) is 4.90 Å². The van der Waals surface area contributed by atoms with Crippen LogP contribution in [-0.4, -0.2) is 37.7 Å². The first-order chi connectivity index (χ1) is 10.3. The van der Waals surface area contributed by atoms with Crippen LogP contribution in [0.2, 0.25) is 0 Å². The summed E-state index contributed by atoms with van der Waals surface area (Å²) in [6.45, 7) is 10.6. The van der Waals surface area contributed by atoms with Gasteiger partial charge in [0.25, 0.3) is 0 Å². The molecule has 3 nitrogen and oxygen atoms in total. The van der Waals surface area contributed by atoms with Crippen molar-refractivity contribution in [1.29, 1.82) is 0 Å². The summed E-state index contributed by atoms with van der Waals surface area (Å²) in [7, 11) is 0. The summed E-state index contributed by atoms with van der Waals surface area (Å²) in [5.41, 5.74) is 1.31. The van der Waals surface area contributed by atoms with E-state index in [0.717, 1.165) is 37.9 Å². The first-order valence-electron chi connectivity index (χ1n) is 8.46. The molecule has 3 heteroatoms. The Morgan fingerprint density at radius 3 is 2.52 bits per heavy atom. The molecule has 1 N–H and O–H groups in total. The normalized spacial score (nSPS) is 14.6. The highest BCUT2D eigenvalue weighted by Crippen LogP contribution is 2.29. The largest absolute Gasteiger partial charge is 0.492 e. The molecule has 1 aliphatic rings. The van der Waals surface area contributed by atoms with Crippen LogP contribution in [-0.2, 0) is 6.54 Å². The van der Waals surface area contributed by atoms with Crippen LogP contribution < -0.4 is 10.1 Å². The summed E-state index contributed by atoms with van der Waals surface area (Å²) < 4.78 is 5.88. The van der Waals surface area contributed by atoms with Crippen molar-refractivity contribution >= 4 is 0 Å². The van der Waals surface area contributed by atoms with Gasteiger partial charge in [0.05, 0.1) is 0 Å². The highest BCUT2D eigenvalue weighted by Gasteiger charge is 2.23. The van der Waals surface area contributed by atoms with E-state index in [2.05, 4.69) is 48.3 Å². The first-order valence-corrected chi connectivity index (χ1v) is 8.46. The van der Waals surface area contributed by atoms with E-state index in [9.17, 15) is 0 Å². The van der Waals surface area contributed by atoms with Gasteiger partial charge in [-0.2, -0.15) is 0 Å². The molecule has 1 saturated carbocycles. The molecule has 0 spiro atoms. The Kier molecular flexibility index (Phi) is 7.04. The molecule has 0 radical (unpaired) electrons. The second-order valence-electron chi connectivity index (χ2n) is 6.02. The summed E-state index contributed by atoms with van der Waals surface area (Å²) in [6, 6.07) is 8.45. The van der Waals surface area contributed by atoms with Crippen LogP contribution in [0.25, 0.3) is 0 Å². The third kappa shape index (κ3) is 6.49. The van der Waals surface area contributed by atoms with Gasteiger partial charge in [0.2, 0.25) is 0 Å². The lowest BCUT2D eigenvalue weighted by Gasteiger charge is -2.21. The Labute approximate surface area is 129 Å². The van der Waals surface area contributed by atoms with Gasteiger partial charge in [-0.05, 0) is 56.0 Å². The van der Waals surface area contributed by atoms with Crippen LogP contribution in [0, 0.1) is 5.92 Å². The van der Waals surface area contributed by atoms with Crippen molar-refractivity contribution in [2.24, 2.45) is 5.92 Å². The lowest BCUT2D eigenvalue weighted by Crippen LogP contribution is -2.31. The topological polar surface area (TPSA) is 24.5 Å². The van der Waals surface area contributed by atoms with Gasteiger partial charge in [0.1, 0.15) is 12.4 Å². The lowest BCUT2D eigenvalue weighted by atomic mass is 10.2. The summed E-state index contributed by atoms with van der Waals surface area (Å²) in [5, 5.41) is 3.33. The van der Waals surface area contributed by atoms with E-state index in [0.29, 0.717) is 0 Å².